The molecule has 31 heavy (non-hydrogen) atoms. The van der Waals surface area contributed by atoms with Gasteiger partial charge in [0.1, 0.15) is 0 Å². The quantitative estimate of drug-likeness (QED) is 0.556. The van der Waals surface area contributed by atoms with E-state index in [1.807, 2.05) is 62.5 Å². The lowest BCUT2D eigenvalue weighted by Crippen LogP contribution is -2.42. The fourth-order valence-corrected chi connectivity index (χ4v) is 3.49. The highest BCUT2D eigenvalue weighted by Crippen LogP contribution is 2.27. The second-order valence-corrected chi connectivity index (χ2v) is 7.52. The second kappa shape index (κ2) is 10.6. The van der Waals surface area contributed by atoms with Crippen LogP contribution >= 0.6 is 0 Å². The maximum atomic E-state index is 12.8. The van der Waals surface area contributed by atoms with Gasteiger partial charge in [-0.05, 0) is 48.4 Å². The van der Waals surface area contributed by atoms with Crippen LogP contribution in [-0.2, 0) is 17.9 Å². The number of nitrogens with zero attached hydrogens (tertiary/aromatic N) is 1. The van der Waals surface area contributed by atoms with Crippen molar-refractivity contribution in [2.24, 2.45) is 0 Å². The molecule has 0 saturated heterocycles. The minimum atomic E-state index is -0.274. The van der Waals surface area contributed by atoms with E-state index in [0.29, 0.717) is 24.6 Å². The molecule has 3 aromatic carbocycles. The molecule has 0 aliphatic carbocycles. The summed E-state index contributed by atoms with van der Waals surface area (Å²) in [5.41, 5.74) is 4.51. The number of carbonyl (C=O) groups is 1. The molecule has 0 saturated carbocycles. The summed E-state index contributed by atoms with van der Waals surface area (Å²) in [5.74, 6) is 1.30. The molecule has 3 aromatic rings. The molecular weight excluding hydrogens is 388 g/mol. The third-order valence-electron chi connectivity index (χ3n) is 5.48. The minimum absolute atomic E-state index is 0.0190. The molecule has 0 fully saturated rings. The Morgan fingerprint density at radius 1 is 0.935 bits per heavy atom. The standard InChI is InChI=1S/C26H30N2O3/c1-19(26(29)27-17-20-14-15-24(30-3)25(16-20)31-4)28(2)18-22-12-8-9-13-23(22)21-10-6-5-7-11-21/h5-16,19H,17-18H2,1-4H3,(H,27,29). The van der Waals surface area contributed by atoms with Crippen molar-refractivity contribution in [3.8, 4) is 22.6 Å². The van der Waals surface area contributed by atoms with Gasteiger partial charge in [-0.1, -0.05) is 60.7 Å². The van der Waals surface area contributed by atoms with Crippen LogP contribution in [0.4, 0.5) is 0 Å². The van der Waals surface area contributed by atoms with Crippen LogP contribution in [0.3, 0.4) is 0 Å². The van der Waals surface area contributed by atoms with Crippen molar-refractivity contribution in [2.45, 2.75) is 26.1 Å². The van der Waals surface area contributed by atoms with E-state index >= 15 is 0 Å². The predicted octanol–water partition coefficient (Wildman–Crippen LogP) is 4.51. The summed E-state index contributed by atoms with van der Waals surface area (Å²) in [6.07, 6.45) is 0. The van der Waals surface area contributed by atoms with Gasteiger partial charge in [0.05, 0.1) is 20.3 Å². The van der Waals surface area contributed by atoms with E-state index < -0.39 is 0 Å². The Balaban J connectivity index is 1.63. The number of carbonyl (C=O) groups excluding carboxylic acids is 1. The predicted molar refractivity (Wildman–Crippen MR) is 124 cm³/mol. The van der Waals surface area contributed by atoms with Crippen molar-refractivity contribution in [3.05, 3.63) is 83.9 Å². The number of amides is 1. The molecule has 162 valence electrons. The molecule has 5 nitrogen and oxygen atoms in total. The van der Waals surface area contributed by atoms with Crippen molar-refractivity contribution in [2.75, 3.05) is 21.3 Å². The van der Waals surface area contributed by atoms with Gasteiger partial charge in [0.2, 0.25) is 5.91 Å². The van der Waals surface area contributed by atoms with Gasteiger partial charge in [0, 0.05) is 13.1 Å². The SMILES string of the molecule is COc1ccc(CNC(=O)C(C)N(C)Cc2ccccc2-c2ccccc2)cc1OC. The summed E-state index contributed by atoms with van der Waals surface area (Å²) < 4.78 is 10.6. The van der Waals surface area contributed by atoms with Gasteiger partial charge in [-0.3, -0.25) is 9.69 Å². The van der Waals surface area contributed by atoms with E-state index in [-0.39, 0.29) is 11.9 Å². The van der Waals surface area contributed by atoms with Crippen molar-refractivity contribution >= 4 is 5.91 Å². The van der Waals surface area contributed by atoms with Gasteiger partial charge in [0.25, 0.3) is 0 Å². The lowest BCUT2D eigenvalue weighted by atomic mass is 9.99. The summed E-state index contributed by atoms with van der Waals surface area (Å²) in [6.45, 7) is 3.03. The summed E-state index contributed by atoms with van der Waals surface area (Å²) in [4.78, 5) is 14.8. The topological polar surface area (TPSA) is 50.8 Å². The Hall–Kier alpha value is -3.31. The van der Waals surface area contributed by atoms with Crippen LogP contribution in [0.2, 0.25) is 0 Å². The zero-order chi connectivity index (χ0) is 22.2. The first kappa shape index (κ1) is 22.4. The summed E-state index contributed by atoms with van der Waals surface area (Å²) >= 11 is 0. The molecule has 0 aromatic heterocycles. The van der Waals surface area contributed by atoms with Crippen molar-refractivity contribution in [1.29, 1.82) is 0 Å². The molecule has 3 rings (SSSR count). The Morgan fingerprint density at radius 2 is 1.61 bits per heavy atom. The largest absolute Gasteiger partial charge is 0.493 e. The van der Waals surface area contributed by atoms with Crippen LogP contribution in [0.15, 0.2) is 72.8 Å². The molecule has 0 bridgehead atoms. The number of nitrogens with one attached hydrogen (secondary N) is 1. The Morgan fingerprint density at radius 3 is 2.32 bits per heavy atom. The van der Waals surface area contributed by atoms with Gasteiger partial charge in [-0.15, -0.1) is 0 Å². The summed E-state index contributed by atoms with van der Waals surface area (Å²) in [6, 6.07) is 24.0. The van der Waals surface area contributed by atoms with Crippen LogP contribution in [-0.4, -0.2) is 38.1 Å². The normalized spacial score (nSPS) is 11.8. The molecule has 5 heteroatoms. The van der Waals surface area contributed by atoms with Gasteiger partial charge in [0.15, 0.2) is 11.5 Å². The van der Waals surface area contributed by atoms with Crippen LogP contribution in [0.25, 0.3) is 11.1 Å². The number of methoxy groups -OCH3 is 2. The zero-order valence-corrected chi connectivity index (χ0v) is 18.6. The van der Waals surface area contributed by atoms with E-state index in [4.69, 9.17) is 9.47 Å². The first-order chi connectivity index (χ1) is 15.0. The highest BCUT2D eigenvalue weighted by atomic mass is 16.5. The fourth-order valence-electron chi connectivity index (χ4n) is 3.49. The molecule has 0 aliphatic rings. The Kier molecular flexibility index (Phi) is 7.68. The average Bonchev–Trinajstić information content (AvgIpc) is 2.82. The molecule has 1 amide bonds. The van der Waals surface area contributed by atoms with Gasteiger partial charge >= 0.3 is 0 Å². The monoisotopic (exact) mass is 418 g/mol. The lowest BCUT2D eigenvalue weighted by molar-refractivity contribution is -0.125. The number of likely N-dealkylation sites (N-methyl/N-ethyl adjacent to an activating group) is 1. The van der Waals surface area contributed by atoms with E-state index in [9.17, 15) is 4.79 Å². The molecular formula is C26H30N2O3. The van der Waals surface area contributed by atoms with E-state index in [2.05, 4.69) is 34.5 Å². The molecule has 0 aliphatic heterocycles. The Bertz CT molecular complexity index is 1000. The third kappa shape index (κ3) is 5.64. The second-order valence-electron chi connectivity index (χ2n) is 7.52. The van der Waals surface area contributed by atoms with Gasteiger partial charge in [-0.25, -0.2) is 0 Å². The Labute approximate surface area is 184 Å². The van der Waals surface area contributed by atoms with Crippen molar-refractivity contribution in [3.63, 3.8) is 0 Å². The first-order valence-corrected chi connectivity index (χ1v) is 10.4. The maximum Gasteiger partial charge on any atom is 0.237 e. The molecule has 0 radical (unpaired) electrons. The summed E-state index contributed by atoms with van der Waals surface area (Å²) in [5, 5.41) is 3.02. The van der Waals surface area contributed by atoms with E-state index in [1.165, 1.54) is 16.7 Å². The fraction of sp³-hybridized carbons (Fsp3) is 0.269. The number of hydrogen-bond donors (Lipinski definition) is 1. The van der Waals surface area contributed by atoms with E-state index in [0.717, 1.165) is 5.56 Å². The molecule has 1 atom stereocenters. The molecule has 1 N–H and O–H groups in total. The van der Waals surface area contributed by atoms with Crippen molar-refractivity contribution < 1.29 is 14.3 Å². The first-order valence-electron chi connectivity index (χ1n) is 10.4. The van der Waals surface area contributed by atoms with Crippen LogP contribution in [0, 0.1) is 0 Å². The van der Waals surface area contributed by atoms with E-state index in [1.54, 1.807) is 14.2 Å². The van der Waals surface area contributed by atoms with Crippen LogP contribution in [0.5, 0.6) is 11.5 Å². The van der Waals surface area contributed by atoms with Crippen LogP contribution in [0.1, 0.15) is 18.1 Å². The highest BCUT2D eigenvalue weighted by molar-refractivity contribution is 5.81. The van der Waals surface area contributed by atoms with Crippen molar-refractivity contribution in [1.82, 2.24) is 10.2 Å². The number of benzene rings is 3. The van der Waals surface area contributed by atoms with Gasteiger partial charge < -0.3 is 14.8 Å². The smallest absolute Gasteiger partial charge is 0.237 e. The molecule has 1 unspecified atom stereocenters. The third-order valence-corrected chi connectivity index (χ3v) is 5.48. The lowest BCUT2D eigenvalue weighted by Gasteiger charge is -2.25. The zero-order valence-electron chi connectivity index (χ0n) is 18.6. The minimum Gasteiger partial charge on any atom is -0.493 e. The number of rotatable bonds is 9. The van der Waals surface area contributed by atoms with Crippen LogP contribution < -0.4 is 14.8 Å². The summed E-state index contributed by atoms with van der Waals surface area (Å²) in [7, 11) is 5.18. The number of hydrogen-bond acceptors (Lipinski definition) is 4. The van der Waals surface area contributed by atoms with Gasteiger partial charge in [-0.2, -0.15) is 0 Å². The average molecular weight is 419 g/mol. The molecule has 0 spiro atoms. The maximum absolute atomic E-state index is 12.8. The number of ether oxygens (including phenoxy) is 2. The highest BCUT2D eigenvalue weighted by Gasteiger charge is 2.19. The molecule has 0 heterocycles.